The van der Waals surface area contributed by atoms with Gasteiger partial charge in [-0.2, -0.15) is 0 Å². The van der Waals surface area contributed by atoms with E-state index in [4.69, 9.17) is 14.2 Å². The summed E-state index contributed by atoms with van der Waals surface area (Å²) in [6, 6.07) is 21.7. The van der Waals surface area contributed by atoms with E-state index in [0.717, 1.165) is 48.3 Å². The first-order valence-corrected chi connectivity index (χ1v) is 12.0. The molecule has 0 spiro atoms. The lowest BCUT2D eigenvalue weighted by Gasteiger charge is -2.22. The van der Waals surface area contributed by atoms with Crippen LogP contribution in [0.15, 0.2) is 66.7 Å². The highest BCUT2D eigenvalue weighted by molar-refractivity contribution is 5.76. The molecule has 1 amide bonds. The van der Waals surface area contributed by atoms with Gasteiger partial charge in [-0.05, 0) is 66.6 Å². The highest BCUT2D eigenvalue weighted by Crippen LogP contribution is 2.34. The maximum absolute atomic E-state index is 11.2. The van der Waals surface area contributed by atoms with Crippen LogP contribution >= 0.6 is 0 Å². The molecule has 3 aromatic carbocycles. The lowest BCUT2D eigenvalue weighted by molar-refractivity contribution is -0.105. The smallest absolute Gasteiger partial charge is 0.231 e. The normalized spacial score (nSPS) is 19.3. The number of benzene rings is 3. The predicted octanol–water partition coefficient (Wildman–Crippen LogP) is 4.35. The molecule has 2 heterocycles. The summed E-state index contributed by atoms with van der Waals surface area (Å²) in [4.78, 5) is 11.2. The Kier molecular flexibility index (Phi) is 7.16. The van der Waals surface area contributed by atoms with Crippen LogP contribution < -0.4 is 24.8 Å². The summed E-state index contributed by atoms with van der Waals surface area (Å²) in [6.07, 6.45) is 3.74. The molecule has 2 aliphatic heterocycles. The maximum Gasteiger partial charge on any atom is 0.231 e. The van der Waals surface area contributed by atoms with Gasteiger partial charge in [-0.15, -0.1) is 0 Å². The predicted molar refractivity (Wildman–Crippen MR) is 133 cm³/mol. The van der Waals surface area contributed by atoms with Crippen molar-refractivity contribution in [2.24, 2.45) is 0 Å². The molecule has 3 aromatic rings. The van der Waals surface area contributed by atoms with Gasteiger partial charge in [0.2, 0.25) is 13.2 Å². The first-order chi connectivity index (χ1) is 17.2. The Morgan fingerprint density at radius 1 is 1.03 bits per heavy atom. The number of hydrogen-bond acceptors (Lipinski definition) is 6. The largest absolute Gasteiger partial charge is 0.487 e. The minimum Gasteiger partial charge on any atom is -0.487 e. The van der Waals surface area contributed by atoms with Gasteiger partial charge in [-0.25, -0.2) is 0 Å². The average molecular weight is 475 g/mol. The van der Waals surface area contributed by atoms with Crippen LogP contribution in [0, 0.1) is 0 Å². The van der Waals surface area contributed by atoms with Crippen LogP contribution in [0.4, 0.5) is 5.69 Å². The number of nitrogens with one attached hydrogen (secondary N) is 2. The maximum atomic E-state index is 11.2. The topological polar surface area (TPSA) is 89.1 Å². The Morgan fingerprint density at radius 2 is 1.89 bits per heavy atom. The van der Waals surface area contributed by atoms with E-state index in [1.165, 1.54) is 5.56 Å². The molecule has 7 heteroatoms. The molecular weight excluding hydrogens is 444 g/mol. The Labute approximate surface area is 205 Å². The summed E-state index contributed by atoms with van der Waals surface area (Å²) in [5.41, 5.74) is 3.55. The monoisotopic (exact) mass is 474 g/mol. The van der Waals surface area contributed by atoms with Gasteiger partial charge in [0.15, 0.2) is 11.5 Å². The zero-order valence-electron chi connectivity index (χ0n) is 19.5. The number of anilines is 1. The third-order valence-electron chi connectivity index (χ3n) is 6.67. The van der Waals surface area contributed by atoms with Crippen LogP contribution in [0.3, 0.4) is 0 Å². The van der Waals surface area contributed by atoms with E-state index in [9.17, 15) is 9.90 Å². The van der Waals surface area contributed by atoms with E-state index < -0.39 is 6.10 Å². The number of carbonyl (C=O) groups excluding carboxylic acids is 1. The summed E-state index contributed by atoms with van der Waals surface area (Å²) < 4.78 is 16.8. The Bertz CT molecular complexity index is 1150. The summed E-state index contributed by atoms with van der Waals surface area (Å²) in [7, 11) is 0. The van der Waals surface area contributed by atoms with E-state index >= 15 is 0 Å². The molecule has 2 aliphatic rings. The molecule has 1 saturated heterocycles. The van der Waals surface area contributed by atoms with Gasteiger partial charge < -0.3 is 30.0 Å². The molecule has 0 radical (unpaired) electrons. The van der Waals surface area contributed by atoms with Crippen LogP contribution in [0.5, 0.6) is 17.2 Å². The summed E-state index contributed by atoms with van der Waals surface area (Å²) >= 11 is 0. The van der Waals surface area contributed by atoms with Crippen LogP contribution in [0.2, 0.25) is 0 Å². The van der Waals surface area contributed by atoms with Gasteiger partial charge in [-0.1, -0.05) is 42.5 Å². The molecule has 1 fully saturated rings. The van der Waals surface area contributed by atoms with Crippen LogP contribution in [0.25, 0.3) is 0 Å². The summed E-state index contributed by atoms with van der Waals surface area (Å²) in [6.45, 7) is 0.679. The lowest BCUT2D eigenvalue weighted by atomic mass is 10.00. The Morgan fingerprint density at radius 3 is 2.74 bits per heavy atom. The van der Waals surface area contributed by atoms with Gasteiger partial charge in [0, 0.05) is 12.1 Å². The molecule has 0 aromatic heterocycles. The van der Waals surface area contributed by atoms with E-state index in [2.05, 4.69) is 16.7 Å². The number of fused-ring (bicyclic) bond motifs is 1. The van der Waals surface area contributed by atoms with Crippen molar-refractivity contribution in [3.8, 4) is 17.2 Å². The number of aliphatic hydroxyl groups is 1. The summed E-state index contributed by atoms with van der Waals surface area (Å²) in [5, 5.41) is 17.4. The number of aryl methyl sites for hydroxylation is 1. The third kappa shape index (κ3) is 5.58. The van der Waals surface area contributed by atoms with E-state index in [-0.39, 0.29) is 12.8 Å². The fourth-order valence-corrected chi connectivity index (χ4v) is 4.77. The highest BCUT2D eigenvalue weighted by Gasteiger charge is 2.30. The molecule has 0 bridgehead atoms. The van der Waals surface area contributed by atoms with Crippen molar-refractivity contribution < 1.29 is 24.1 Å². The molecule has 5 rings (SSSR count). The standard InChI is InChI=1S/C28H30N2O5/c31-17-29-24-15-21(8-13-25(24)33-16-20-4-2-1-3-5-20)28(32)23-11-10-22(30-23)9-6-19-7-12-26-27(14-19)35-18-34-26/h1-5,7-8,12-15,17,22-23,28,30,32H,6,9-11,16,18H2,(H,29,31). The quantitative estimate of drug-likeness (QED) is 0.379. The fraction of sp³-hybridized carbons (Fsp3) is 0.321. The molecule has 3 N–H and O–H groups in total. The molecule has 0 saturated carbocycles. The average Bonchev–Trinajstić information content (AvgIpc) is 3.56. The van der Waals surface area contributed by atoms with Crippen LogP contribution in [0.1, 0.15) is 42.1 Å². The molecule has 3 unspecified atom stereocenters. The number of carbonyl (C=O) groups is 1. The third-order valence-corrected chi connectivity index (χ3v) is 6.67. The lowest BCUT2D eigenvalue weighted by Crippen LogP contribution is -2.34. The number of aliphatic hydroxyl groups excluding tert-OH is 1. The van der Waals surface area contributed by atoms with Gasteiger partial charge >= 0.3 is 0 Å². The van der Waals surface area contributed by atoms with Gasteiger partial charge in [0.05, 0.1) is 11.8 Å². The van der Waals surface area contributed by atoms with Gasteiger partial charge in [0.25, 0.3) is 0 Å². The number of ether oxygens (including phenoxy) is 3. The van der Waals surface area contributed by atoms with E-state index in [0.29, 0.717) is 30.5 Å². The number of hydrogen-bond donors (Lipinski definition) is 3. The minimum absolute atomic E-state index is 0.0445. The molecular formula is C28H30N2O5. The molecule has 35 heavy (non-hydrogen) atoms. The SMILES string of the molecule is O=CNc1cc(C(O)C2CCC(CCc3ccc4c(c3)OCO4)N2)ccc1OCc1ccccc1. The Hall–Kier alpha value is -3.55. The van der Waals surface area contributed by atoms with Crippen molar-refractivity contribution in [3.63, 3.8) is 0 Å². The first kappa shape index (κ1) is 23.2. The zero-order chi connectivity index (χ0) is 24.0. The second-order valence-corrected chi connectivity index (χ2v) is 9.01. The molecule has 0 aliphatic carbocycles. The second kappa shape index (κ2) is 10.8. The van der Waals surface area contributed by atoms with Crippen molar-refractivity contribution in [2.75, 3.05) is 12.1 Å². The van der Waals surface area contributed by atoms with E-state index in [1.807, 2.05) is 48.5 Å². The van der Waals surface area contributed by atoms with Gasteiger partial charge in [-0.3, -0.25) is 4.79 Å². The van der Waals surface area contributed by atoms with Crippen molar-refractivity contribution in [1.82, 2.24) is 5.32 Å². The van der Waals surface area contributed by atoms with Crippen LogP contribution in [-0.4, -0.2) is 30.4 Å². The fourth-order valence-electron chi connectivity index (χ4n) is 4.77. The van der Waals surface area contributed by atoms with Crippen molar-refractivity contribution in [1.29, 1.82) is 0 Å². The van der Waals surface area contributed by atoms with Crippen molar-refractivity contribution in [2.45, 2.75) is 50.5 Å². The molecule has 182 valence electrons. The Balaban J connectivity index is 1.18. The highest BCUT2D eigenvalue weighted by atomic mass is 16.7. The second-order valence-electron chi connectivity index (χ2n) is 9.01. The summed E-state index contributed by atoms with van der Waals surface area (Å²) in [5.74, 6) is 2.18. The van der Waals surface area contributed by atoms with Crippen LogP contribution in [-0.2, 0) is 17.8 Å². The first-order valence-electron chi connectivity index (χ1n) is 12.0. The molecule has 3 atom stereocenters. The zero-order valence-corrected chi connectivity index (χ0v) is 19.5. The minimum atomic E-state index is -0.680. The van der Waals surface area contributed by atoms with Crippen molar-refractivity contribution >= 4 is 12.1 Å². The molecule has 7 nitrogen and oxygen atoms in total. The van der Waals surface area contributed by atoms with E-state index in [1.54, 1.807) is 12.1 Å². The number of rotatable bonds is 10. The van der Waals surface area contributed by atoms with Gasteiger partial charge in [0.1, 0.15) is 12.4 Å². The number of amides is 1. The van der Waals surface area contributed by atoms with Crippen molar-refractivity contribution in [3.05, 3.63) is 83.4 Å².